The Morgan fingerprint density at radius 1 is 1.26 bits per heavy atom. The van der Waals surface area contributed by atoms with Gasteiger partial charge in [-0.1, -0.05) is 31.2 Å². The van der Waals surface area contributed by atoms with Crippen LogP contribution in [-0.4, -0.2) is 59.1 Å². The van der Waals surface area contributed by atoms with Crippen molar-refractivity contribution in [2.75, 3.05) is 44.0 Å². The molecule has 0 bridgehead atoms. The lowest BCUT2D eigenvalue weighted by Crippen LogP contribution is -2.32. The Balaban J connectivity index is 1.64. The van der Waals surface area contributed by atoms with Crippen molar-refractivity contribution in [3.8, 4) is 6.01 Å². The van der Waals surface area contributed by atoms with Gasteiger partial charge in [0, 0.05) is 18.5 Å². The highest BCUT2D eigenvalue weighted by Gasteiger charge is 2.39. The number of carbonyl (C=O) groups is 1. The van der Waals surface area contributed by atoms with E-state index in [1.807, 2.05) is 18.2 Å². The monoisotopic (exact) mass is 484 g/mol. The standard InChI is InChI=1S/C24H32N6O5/c1-24(8-9-24)16-35-23-26-21(25)20(30(32)33)22(27-23)29(15-19(31)34-2)14-18-7-5-6-17(12-18)13-28-10-3-4-11-28/h5-7,12H,3-4,8-11,13-16H2,1-2H3,(H2,25,26,27). The second kappa shape index (κ2) is 10.4. The minimum absolute atomic E-state index is 0.0473. The van der Waals surface area contributed by atoms with Crippen molar-refractivity contribution in [3.05, 3.63) is 45.5 Å². The molecule has 2 aromatic rings. The first-order valence-corrected chi connectivity index (χ1v) is 11.8. The number of anilines is 2. The maximum absolute atomic E-state index is 12.3. The first-order chi connectivity index (χ1) is 16.8. The number of ether oxygens (including phenoxy) is 2. The summed E-state index contributed by atoms with van der Waals surface area (Å²) >= 11 is 0. The minimum atomic E-state index is -0.634. The molecule has 1 saturated heterocycles. The highest BCUT2D eigenvalue weighted by molar-refractivity contribution is 5.78. The zero-order valence-electron chi connectivity index (χ0n) is 20.2. The van der Waals surface area contributed by atoms with Gasteiger partial charge in [0.2, 0.25) is 11.6 Å². The van der Waals surface area contributed by atoms with Crippen LogP contribution in [0.5, 0.6) is 6.01 Å². The highest BCUT2D eigenvalue weighted by atomic mass is 16.6. The lowest BCUT2D eigenvalue weighted by molar-refractivity contribution is -0.383. The predicted octanol–water partition coefficient (Wildman–Crippen LogP) is 2.92. The Morgan fingerprint density at radius 2 is 1.97 bits per heavy atom. The maximum Gasteiger partial charge on any atom is 0.353 e. The van der Waals surface area contributed by atoms with Gasteiger partial charge in [0.25, 0.3) is 0 Å². The van der Waals surface area contributed by atoms with Crippen molar-refractivity contribution in [3.63, 3.8) is 0 Å². The number of carbonyl (C=O) groups excluding carboxylic acids is 1. The number of hydrogen-bond acceptors (Lipinski definition) is 10. The number of esters is 1. The van der Waals surface area contributed by atoms with Crippen molar-refractivity contribution in [2.45, 2.75) is 45.7 Å². The smallest absolute Gasteiger partial charge is 0.353 e. The molecule has 1 aliphatic heterocycles. The van der Waals surface area contributed by atoms with E-state index in [9.17, 15) is 14.9 Å². The molecule has 2 fully saturated rings. The summed E-state index contributed by atoms with van der Waals surface area (Å²) in [5, 5.41) is 11.9. The van der Waals surface area contributed by atoms with Gasteiger partial charge < -0.3 is 20.1 Å². The Labute approximate surface area is 204 Å². The van der Waals surface area contributed by atoms with Gasteiger partial charge in [0.05, 0.1) is 18.6 Å². The molecule has 0 radical (unpaired) electrons. The Kier molecular flexibility index (Phi) is 7.34. The zero-order chi connectivity index (χ0) is 25.0. The zero-order valence-corrected chi connectivity index (χ0v) is 20.2. The van der Waals surface area contributed by atoms with Crippen LogP contribution in [0.1, 0.15) is 43.7 Å². The first-order valence-electron chi connectivity index (χ1n) is 11.8. The van der Waals surface area contributed by atoms with Crippen LogP contribution in [0.2, 0.25) is 0 Å². The van der Waals surface area contributed by atoms with Gasteiger partial charge in [-0.2, -0.15) is 9.97 Å². The lowest BCUT2D eigenvalue weighted by Gasteiger charge is -2.23. The molecule has 4 rings (SSSR count). The van der Waals surface area contributed by atoms with Gasteiger partial charge >= 0.3 is 17.7 Å². The van der Waals surface area contributed by atoms with Crippen LogP contribution in [0.25, 0.3) is 0 Å². The molecule has 1 saturated carbocycles. The van der Waals surface area contributed by atoms with Crippen molar-refractivity contribution < 1.29 is 19.2 Å². The van der Waals surface area contributed by atoms with Crippen molar-refractivity contribution in [1.82, 2.24) is 14.9 Å². The van der Waals surface area contributed by atoms with E-state index in [-0.39, 0.29) is 36.2 Å². The second-order valence-electron chi connectivity index (χ2n) is 9.66. The van der Waals surface area contributed by atoms with Gasteiger partial charge in [-0.15, -0.1) is 0 Å². The van der Waals surface area contributed by atoms with E-state index in [4.69, 9.17) is 15.2 Å². The normalized spacial score (nSPS) is 16.6. The molecule has 35 heavy (non-hydrogen) atoms. The molecule has 1 aliphatic carbocycles. The minimum Gasteiger partial charge on any atom is -0.468 e. The number of nitrogens with zero attached hydrogens (tertiary/aromatic N) is 5. The summed E-state index contributed by atoms with van der Waals surface area (Å²) < 4.78 is 10.6. The fourth-order valence-corrected chi connectivity index (χ4v) is 4.17. The number of rotatable bonds is 11. The Hall–Kier alpha value is -3.47. The molecule has 0 unspecified atom stereocenters. The first kappa shape index (κ1) is 24.6. The molecule has 0 amide bonds. The van der Waals surface area contributed by atoms with Crippen LogP contribution < -0.4 is 15.4 Å². The summed E-state index contributed by atoms with van der Waals surface area (Å²) in [6, 6.07) is 7.92. The molecule has 1 aromatic carbocycles. The number of methoxy groups -OCH3 is 1. The quantitative estimate of drug-likeness (QED) is 0.288. The third kappa shape index (κ3) is 6.36. The van der Waals surface area contributed by atoms with Gasteiger partial charge in [-0.25, -0.2) is 0 Å². The van der Waals surface area contributed by atoms with E-state index in [1.165, 1.54) is 24.9 Å². The van der Waals surface area contributed by atoms with Crippen LogP contribution in [-0.2, 0) is 22.6 Å². The third-order valence-corrected chi connectivity index (χ3v) is 6.52. The van der Waals surface area contributed by atoms with E-state index in [0.717, 1.165) is 43.6 Å². The fourth-order valence-electron chi connectivity index (χ4n) is 4.17. The summed E-state index contributed by atoms with van der Waals surface area (Å²) in [5.41, 5.74) is 7.58. The van der Waals surface area contributed by atoms with Crippen molar-refractivity contribution in [1.29, 1.82) is 0 Å². The van der Waals surface area contributed by atoms with Crippen molar-refractivity contribution >= 4 is 23.3 Å². The molecule has 2 heterocycles. The molecule has 0 atom stereocenters. The number of likely N-dealkylation sites (tertiary alicyclic amines) is 1. The summed E-state index contributed by atoms with van der Waals surface area (Å²) in [6.45, 7) is 5.40. The van der Waals surface area contributed by atoms with Crippen molar-refractivity contribution in [2.24, 2.45) is 5.41 Å². The average Bonchev–Trinajstić information content (AvgIpc) is 3.33. The molecule has 0 spiro atoms. The van der Waals surface area contributed by atoms with Crippen LogP contribution >= 0.6 is 0 Å². The summed E-state index contributed by atoms with van der Waals surface area (Å²) in [5.74, 6) is -0.944. The van der Waals surface area contributed by atoms with Gasteiger partial charge in [-0.3, -0.25) is 19.8 Å². The fraction of sp³-hybridized carbons (Fsp3) is 0.542. The van der Waals surface area contributed by atoms with Gasteiger partial charge in [-0.05, 0) is 49.9 Å². The molecular weight excluding hydrogens is 452 g/mol. The Morgan fingerprint density at radius 3 is 2.63 bits per heavy atom. The van der Waals surface area contributed by atoms with E-state index in [2.05, 4.69) is 27.9 Å². The molecular formula is C24H32N6O5. The number of benzene rings is 1. The number of nitro groups is 1. The number of hydrogen-bond donors (Lipinski definition) is 1. The van der Waals surface area contributed by atoms with E-state index < -0.39 is 16.6 Å². The highest BCUT2D eigenvalue weighted by Crippen LogP contribution is 2.45. The van der Waals surface area contributed by atoms with Crippen LogP contribution in [0.4, 0.5) is 17.3 Å². The number of aromatic nitrogens is 2. The van der Waals surface area contributed by atoms with E-state index in [1.54, 1.807) is 0 Å². The maximum atomic E-state index is 12.3. The van der Waals surface area contributed by atoms with Crippen LogP contribution in [0.15, 0.2) is 24.3 Å². The molecule has 11 nitrogen and oxygen atoms in total. The predicted molar refractivity (Wildman–Crippen MR) is 130 cm³/mol. The number of nitrogens with two attached hydrogens (primary N) is 1. The van der Waals surface area contributed by atoms with Gasteiger partial charge in [0.1, 0.15) is 6.54 Å². The third-order valence-electron chi connectivity index (χ3n) is 6.52. The topological polar surface area (TPSA) is 137 Å². The van der Waals surface area contributed by atoms with Crippen LogP contribution in [0, 0.1) is 15.5 Å². The van der Waals surface area contributed by atoms with Gasteiger partial charge in [0.15, 0.2) is 0 Å². The SMILES string of the molecule is COC(=O)CN(Cc1cccc(CN2CCCC2)c1)c1nc(OCC2(C)CC2)nc(N)c1[N+](=O)[O-]. The van der Waals surface area contributed by atoms with E-state index >= 15 is 0 Å². The summed E-state index contributed by atoms with van der Waals surface area (Å²) in [6.07, 6.45) is 4.47. The average molecular weight is 485 g/mol. The largest absolute Gasteiger partial charge is 0.468 e. The molecule has 1 aromatic heterocycles. The number of nitrogen functional groups attached to an aromatic ring is 1. The van der Waals surface area contributed by atoms with Crippen LogP contribution in [0.3, 0.4) is 0 Å². The summed E-state index contributed by atoms with van der Waals surface area (Å²) in [7, 11) is 1.27. The molecule has 188 valence electrons. The van der Waals surface area contributed by atoms with E-state index in [0.29, 0.717) is 6.61 Å². The lowest BCUT2D eigenvalue weighted by atomic mass is 10.1. The molecule has 11 heteroatoms. The molecule has 2 aliphatic rings. The second-order valence-corrected chi connectivity index (χ2v) is 9.66. The Bertz CT molecular complexity index is 1080. The molecule has 2 N–H and O–H groups in total. The summed E-state index contributed by atoms with van der Waals surface area (Å²) in [4.78, 5) is 35.7.